The van der Waals surface area contributed by atoms with Crippen LogP contribution in [0.4, 0.5) is 0 Å². The van der Waals surface area contributed by atoms with Crippen molar-refractivity contribution in [2.75, 3.05) is 0 Å². The molecule has 1 heteroatoms. The van der Waals surface area contributed by atoms with E-state index < -0.39 is 0 Å². The van der Waals surface area contributed by atoms with Crippen LogP contribution in [0.15, 0.2) is 0 Å². The summed E-state index contributed by atoms with van der Waals surface area (Å²) in [5, 5.41) is 8.46. The van der Waals surface area contributed by atoms with Gasteiger partial charge >= 0.3 is 0 Å². The van der Waals surface area contributed by atoms with Gasteiger partial charge in [0.05, 0.1) is 6.07 Å². The van der Waals surface area contributed by atoms with E-state index in [1.54, 1.807) is 0 Å². The summed E-state index contributed by atoms with van der Waals surface area (Å²) in [6, 6.07) is 2.33. The second-order valence-corrected chi connectivity index (χ2v) is 2.97. The third kappa shape index (κ3) is 0.324. The van der Waals surface area contributed by atoms with Gasteiger partial charge in [-0.3, -0.25) is 0 Å². The summed E-state index contributed by atoms with van der Waals surface area (Å²) in [4.78, 5) is 0. The maximum absolute atomic E-state index is 8.46. The number of rotatable bonds is 0. The molecule has 42 valence electrons. The average Bonchev–Trinajstić information content (AvgIpc) is 1.76. The summed E-state index contributed by atoms with van der Waals surface area (Å²) >= 11 is 0. The highest BCUT2D eigenvalue weighted by molar-refractivity contribution is 5.05. The van der Waals surface area contributed by atoms with Gasteiger partial charge in [0.25, 0.3) is 0 Å². The molecule has 0 heterocycles. The molecule has 2 rings (SSSR count). The van der Waals surface area contributed by atoms with Crippen molar-refractivity contribution in [2.24, 2.45) is 17.8 Å². The van der Waals surface area contributed by atoms with Crippen LogP contribution in [0.2, 0.25) is 0 Å². The molecule has 0 N–H and O–H groups in total. The molecule has 8 heavy (non-hydrogen) atoms. The summed E-state index contributed by atoms with van der Waals surface area (Å²) in [6.45, 7) is 0. The molecule has 3 atom stereocenters. The Balaban J connectivity index is 2.00. The van der Waals surface area contributed by atoms with Crippen LogP contribution in [-0.2, 0) is 0 Å². The van der Waals surface area contributed by atoms with Gasteiger partial charge in [0.15, 0.2) is 0 Å². The van der Waals surface area contributed by atoms with E-state index in [2.05, 4.69) is 6.07 Å². The van der Waals surface area contributed by atoms with Gasteiger partial charge in [0.2, 0.25) is 0 Å². The van der Waals surface area contributed by atoms with Crippen LogP contribution in [0, 0.1) is 29.1 Å². The first-order chi connectivity index (χ1) is 3.92. The molecule has 0 saturated heterocycles. The fraction of sp³-hybridized carbons (Fsp3) is 0.857. The first kappa shape index (κ1) is 4.38. The van der Waals surface area contributed by atoms with E-state index in [0.29, 0.717) is 5.92 Å². The Morgan fingerprint density at radius 3 is 2.38 bits per heavy atom. The van der Waals surface area contributed by atoms with Gasteiger partial charge in [-0.1, -0.05) is 0 Å². The Morgan fingerprint density at radius 1 is 1.38 bits per heavy atom. The Bertz CT molecular complexity index is 145. The van der Waals surface area contributed by atoms with Crippen molar-refractivity contribution in [3.8, 4) is 6.07 Å². The lowest BCUT2D eigenvalue weighted by Gasteiger charge is -2.49. The Morgan fingerprint density at radius 2 is 2.25 bits per heavy atom. The van der Waals surface area contributed by atoms with Crippen LogP contribution in [0.3, 0.4) is 0 Å². The van der Waals surface area contributed by atoms with Gasteiger partial charge in [-0.15, -0.1) is 0 Å². The predicted molar refractivity (Wildman–Crippen MR) is 29.9 cm³/mol. The molecule has 0 bridgehead atoms. The van der Waals surface area contributed by atoms with Crippen molar-refractivity contribution in [1.82, 2.24) is 0 Å². The fourth-order valence-electron chi connectivity index (χ4n) is 1.87. The zero-order valence-electron chi connectivity index (χ0n) is 4.80. The van der Waals surface area contributed by atoms with Gasteiger partial charge < -0.3 is 0 Å². The lowest BCUT2D eigenvalue weighted by molar-refractivity contribution is 0.00726. The third-order valence-corrected chi connectivity index (χ3v) is 2.72. The monoisotopic (exact) mass is 107 g/mol. The molecular formula is C7H9N. The lowest BCUT2D eigenvalue weighted by Crippen LogP contribution is -2.43. The molecule has 0 aromatic rings. The minimum absolute atomic E-state index is 0.453. The van der Waals surface area contributed by atoms with Crippen LogP contribution in [-0.4, -0.2) is 0 Å². The number of hydrogen-bond acceptors (Lipinski definition) is 1. The molecule has 2 saturated carbocycles. The number of nitriles is 1. The highest BCUT2D eigenvalue weighted by atomic mass is 14.5. The molecule has 0 aromatic heterocycles. The van der Waals surface area contributed by atoms with Crippen molar-refractivity contribution in [3.05, 3.63) is 0 Å². The average molecular weight is 107 g/mol. The molecular weight excluding hydrogens is 98.1 g/mol. The van der Waals surface area contributed by atoms with Gasteiger partial charge in [0, 0.05) is 5.92 Å². The van der Waals surface area contributed by atoms with Gasteiger partial charge in [-0.05, 0) is 31.1 Å². The summed E-state index contributed by atoms with van der Waals surface area (Å²) in [5.41, 5.74) is 0. The molecule has 2 aliphatic carbocycles. The molecule has 1 nitrogen and oxygen atoms in total. The lowest BCUT2D eigenvalue weighted by atomic mass is 9.54. The fourth-order valence-corrected chi connectivity index (χ4v) is 1.87. The van der Waals surface area contributed by atoms with Crippen molar-refractivity contribution >= 4 is 0 Å². The van der Waals surface area contributed by atoms with Gasteiger partial charge in [-0.25, -0.2) is 0 Å². The first-order valence-corrected chi connectivity index (χ1v) is 3.31. The molecule has 2 fully saturated rings. The standard InChI is InChI=1S/C7H9N/c8-4-6-3-5-1-2-7(5)6/h5-7H,1-3H2. The van der Waals surface area contributed by atoms with E-state index in [1.165, 1.54) is 19.3 Å². The molecule has 0 aliphatic heterocycles. The summed E-state index contributed by atoms with van der Waals surface area (Å²) in [5.74, 6) is 2.26. The van der Waals surface area contributed by atoms with E-state index >= 15 is 0 Å². The first-order valence-electron chi connectivity index (χ1n) is 3.31. The number of hydrogen-bond donors (Lipinski definition) is 0. The number of fused-ring (bicyclic) bond motifs is 1. The van der Waals surface area contributed by atoms with Crippen molar-refractivity contribution in [1.29, 1.82) is 5.26 Å². The van der Waals surface area contributed by atoms with Crippen molar-refractivity contribution in [3.63, 3.8) is 0 Å². The maximum atomic E-state index is 8.46. The van der Waals surface area contributed by atoms with E-state index in [4.69, 9.17) is 5.26 Å². The minimum Gasteiger partial charge on any atom is -0.198 e. The van der Waals surface area contributed by atoms with Gasteiger partial charge in [-0.2, -0.15) is 5.26 Å². The van der Waals surface area contributed by atoms with Crippen molar-refractivity contribution in [2.45, 2.75) is 19.3 Å². The van der Waals surface area contributed by atoms with E-state index in [1.807, 2.05) is 0 Å². The zero-order chi connectivity index (χ0) is 5.56. The predicted octanol–water partition coefficient (Wildman–Crippen LogP) is 1.56. The molecule has 0 amide bonds. The minimum atomic E-state index is 0.453. The van der Waals surface area contributed by atoms with E-state index in [9.17, 15) is 0 Å². The smallest absolute Gasteiger partial charge is 0.0658 e. The topological polar surface area (TPSA) is 23.8 Å². The molecule has 0 aromatic carbocycles. The normalized spacial score (nSPS) is 50.1. The third-order valence-electron chi connectivity index (χ3n) is 2.72. The maximum Gasteiger partial charge on any atom is 0.0658 e. The van der Waals surface area contributed by atoms with Crippen LogP contribution >= 0.6 is 0 Å². The Labute approximate surface area is 49.3 Å². The van der Waals surface area contributed by atoms with Crippen LogP contribution < -0.4 is 0 Å². The van der Waals surface area contributed by atoms with E-state index in [0.717, 1.165) is 11.8 Å². The summed E-state index contributed by atoms with van der Waals surface area (Å²) in [7, 11) is 0. The van der Waals surface area contributed by atoms with Crippen LogP contribution in [0.5, 0.6) is 0 Å². The number of nitrogens with zero attached hydrogens (tertiary/aromatic N) is 1. The summed E-state index contributed by atoms with van der Waals surface area (Å²) in [6.07, 6.45) is 3.95. The van der Waals surface area contributed by atoms with E-state index in [-0.39, 0.29) is 0 Å². The zero-order valence-corrected chi connectivity index (χ0v) is 4.80. The SMILES string of the molecule is N#CC1CC2CCC12. The highest BCUT2D eigenvalue weighted by Gasteiger charge is 2.46. The molecule has 2 aliphatic rings. The molecule has 0 radical (unpaired) electrons. The highest BCUT2D eigenvalue weighted by Crippen LogP contribution is 2.53. The second-order valence-electron chi connectivity index (χ2n) is 2.97. The van der Waals surface area contributed by atoms with Crippen LogP contribution in [0.25, 0.3) is 0 Å². The quantitative estimate of drug-likeness (QED) is 0.460. The Hall–Kier alpha value is -0.510. The Kier molecular flexibility index (Phi) is 0.686. The van der Waals surface area contributed by atoms with Crippen molar-refractivity contribution < 1.29 is 0 Å². The molecule has 0 spiro atoms. The largest absolute Gasteiger partial charge is 0.198 e. The van der Waals surface area contributed by atoms with Gasteiger partial charge in [0.1, 0.15) is 0 Å². The van der Waals surface area contributed by atoms with Crippen LogP contribution in [0.1, 0.15) is 19.3 Å². The summed E-state index contributed by atoms with van der Waals surface area (Å²) < 4.78 is 0. The second kappa shape index (κ2) is 1.25. The molecule has 3 unspecified atom stereocenters.